The summed E-state index contributed by atoms with van der Waals surface area (Å²) in [5, 5.41) is 14.7. The molecule has 0 amide bonds. The van der Waals surface area contributed by atoms with E-state index < -0.39 is 0 Å². The summed E-state index contributed by atoms with van der Waals surface area (Å²) in [5.74, 6) is 0. The first-order valence-corrected chi connectivity index (χ1v) is 5.48. The largest absolute Gasteiger partial charge is 0.392 e. The predicted octanol–water partition coefficient (Wildman–Crippen LogP) is 1.71. The lowest BCUT2D eigenvalue weighted by atomic mass is 10.1. The minimum absolute atomic E-state index is 0.317. The van der Waals surface area contributed by atoms with Crippen molar-refractivity contribution in [3.8, 4) is 0 Å². The molecule has 0 fully saturated rings. The van der Waals surface area contributed by atoms with Gasteiger partial charge < -0.3 is 10.4 Å². The van der Waals surface area contributed by atoms with Gasteiger partial charge >= 0.3 is 0 Å². The van der Waals surface area contributed by atoms with Gasteiger partial charge in [0, 0.05) is 30.9 Å². The van der Waals surface area contributed by atoms with Crippen LogP contribution in [0.15, 0.2) is 36.7 Å². The number of aliphatic hydroxyl groups is 1. The predicted molar refractivity (Wildman–Crippen MR) is 65.1 cm³/mol. The molecule has 1 aromatic carbocycles. The van der Waals surface area contributed by atoms with E-state index >= 15 is 0 Å². The Morgan fingerprint density at radius 1 is 1.31 bits per heavy atom. The lowest BCUT2D eigenvalue weighted by Crippen LogP contribution is -2.23. The fourth-order valence-corrected chi connectivity index (χ4v) is 1.74. The number of hydrogen-bond donors (Lipinski definition) is 2. The second-order valence-electron chi connectivity index (χ2n) is 4.00. The summed E-state index contributed by atoms with van der Waals surface area (Å²) in [6.07, 6.45) is 3.42. The van der Waals surface area contributed by atoms with Gasteiger partial charge in [-0.25, -0.2) is 0 Å². The highest BCUT2D eigenvalue weighted by molar-refractivity contribution is 5.84. The number of fused-ring (bicyclic) bond motifs is 1. The third-order valence-electron chi connectivity index (χ3n) is 2.51. The molecule has 84 valence electrons. The van der Waals surface area contributed by atoms with E-state index in [-0.39, 0.29) is 6.10 Å². The Hall–Kier alpha value is -1.45. The van der Waals surface area contributed by atoms with Gasteiger partial charge in [-0.3, -0.25) is 4.98 Å². The molecule has 0 unspecified atom stereocenters. The quantitative estimate of drug-likeness (QED) is 0.817. The van der Waals surface area contributed by atoms with Crippen LogP contribution in [-0.4, -0.2) is 22.7 Å². The second kappa shape index (κ2) is 5.05. The first kappa shape index (κ1) is 11.0. The average Bonchev–Trinajstić information content (AvgIpc) is 2.29. The molecule has 2 N–H and O–H groups in total. The fraction of sp³-hybridized carbons (Fsp3) is 0.308. The van der Waals surface area contributed by atoms with Gasteiger partial charge in [-0.05, 0) is 17.9 Å². The molecule has 0 saturated heterocycles. The number of aromatic nitrogens is 1. The van der Waals surface area contributed by atoms with Crippen LogP contribution in [0.25, 0.3) is 10.8 Å². The maximum Gasteiger partial charge on any atom is 0.0636 e. The van der Waals surface area contributed by atoms with E-state index in [1.165, 1.54) is 10.9 Å². The summed E-state index contributed by atoms with van der Waals surface area (Å²) < 4.78 is 0. The van der Waals surface area contributed by atoms with Crippen LogP contribution in [0.1, 0.15) is 12.5 Å². The minimum atomic E-state index is -0.317. The number of hydrogen-bond acceptors (Lipinski definition) is 3. The molecule has 0 saturated carbocycles. The van der Waals surface area contributed by atoms with Crippen LogP contribution >= 0.6 is 0 Å². The summed E-state index contributed by atoms with van der Waals surface area (Å²) in [6, 6.07) is 8.19. The molecule has 1 atom stereocenters. The van der Waals surface area contributed by atoms with Gasteiger partial charge in [-0.15, -0.1) is 0 Å². The van der Waals surface area contributed by atoms with Crippen LogP contribution in [0, 0.1) is 0 Å². The smallest absolute Gasteiger partial charge is 0.0636 e. The standard InChI is InChI=1S/C13H16N2O/c1-10(16)6-14-8-12-9-15-7-11-4-2-3-5-13(11)12/h2-5,7,9-10,14,16H,6,8H2,1H3/t10-/m1/s1. The maximum atomic E-state index is 9.17. The Labute approximate surface area is 95.1 Å². The van der Waals surface area contributed by atoms with Crippen LogP contribution < -0.4 is 5.32 Å². The van der Waals surface area contributed by atoms with Crippen molar-refractivity contribution in [2.24, 2.45) is 0 Å². The normalized spacial score (nSPS) is 12.9. The molecule has 0 aliphatic carbocycles. The van der Waals surface area contributed by atoms with E-state index in [2.05, 4.69) is 22.4 Å². The molecule has 0 aliphatic heterocycles. The van der Waals surface area contributed by atoms with Crippen LogP contribution in [0.4, 0.5) is 0 Å². The van der Waals surface area contributed by atoms with E-state index in [1.54, 1.807) is 6.92 Å². The molecular weight excluding hydrogens is 200 g/mol. The lowest BCUT2D eigenvalue weighted by molar-refractivity contribution is 0.191. The summed E-state index contributed by atoms with van der Waals surface area (Å²) in [5.41, 5.74) is 1.17. The van der Waals surface area contributed by atoms with Gasteiger partial charge in [0.2, 0.25) is 0 Å². The first-order chi connectivity index (χ1) is 7.77. The Morgan fingerprint density at radius 3 is 2.94 bits per heavy atom. The Bertz CT molecular complexity index is 463. The van der Waals surface area contributed by atoms with Crippen LogP contribution in [0.5, 0.6) is 0 Å². The third kappa shape index (κ3) is 2.56. The van der Waals surface area contributed by atoms with E-state index in [4.69, 9.17) is 5.11 Å². The molecule has 1 aromatic heterocycles. The van der Waals surface area contributed by atoms with Crippen LogP contribution in [-0.2, 0) is 6.54 Å². The van der Waals surface area contributed by atoms with Crippen LogP contribution in [0.2, 0.25) is 0 Å². The van der Waals surface area contributed by atoms with Gasteiger partial charge in [-0.1, -0.05) is 24.3 Å². The molecule has 0 radical (unpaired) electrons. The van der Waals surface area contributed by atoms with Gasteiger partial charge in [0.05, 0.1) is 6.10 Å². The zero-order chi connectivity index (χ0) is 11.4. The average molecular weight is 216 g/mol. The zero-order valence-corrected chi connectivity index (χ0v) is 9.35. The van der Waals surface area contributed by atoms with Crippen molar-refractivity contribution in [2.75, 3.05) is 6.54 Å². The molecule has 3 heteroatoms. The van der Waals surface area contributed by atoms with Crippen molar-refractivity contribution in [3.63, 3.8) is 0 Å². The molecular formula is C13H16N2O. The highest BCUT2D eigenvalue weighted by Gasteiger charge is 2.01. The number of benzene rings is 1. The third-order valence-corrected chi connectivity index (χ3v) is 2.51. The number of aliphatic hydroxyl groups excluding tert-OH is 1. The highest BCUT2D eigenvalue weighted by Crippen LogP contribution is 2.16. The molecule has 0 bridgehead atoms. The number of nitrogens with one attached hydrogen (secondary N) is 1. The number of nitrogens with zero attached hydrogens (tertiary/aromatic N) is 1. The maximum absolute atomic E-state index is 9.17. The van der Waals surface area contributed by atoms with Crippen molar-refractivity contribution in [1.29, 1.82) is 0 Å². The molecule has 16 heavy (non-hydrogen) atoms. The Kier molecular flexibility index (Phi) is 3.49. The molecule has 0 aliphatic rings. The highest BCUT2D eigenvalue weighted by atomic mass is 16.3. The summed E-state index contributed by atoms with van der Waals surface area (Å²) >= 11 is 0. The SMILES string of the molecule is C[C@@H](O)CNCc1cncc2ccccc12. The Morgan fingerprint density at radius 2 is 2.12 bits per heavy atom. The molecule has 1 heterocycles. The van der Waals surface area contributed by atoms with Gasteiger partial charge in [0.15, 0.2) is 0 Å². The first-order valence-electron chi connectivity index (χ1n) is 5.48. The fourth-order valence-electron chi connectivity index (χ4n) is 1.74. The minimum Gasteiger partial charge on any atom is -0.392 e. The number of rotatable bonds is 4. The molecule has 3 nitrogen and oxygen atoms in total. The monoisotopic (exact) mass is 216 g/mol. The molecule has 2 rings (SSSR count). The van der Waals surface area contributed by atoms with E-state index in [1.807, 2.05) is 24.5 Å². The van der Waals surface area contributed by atoms with Crippen LogP contribution in [0.3, 0.4) is 0 Å². The van der Waals surface area contributed by atoms with E-state index in [0.717, 1.165) is 11.9 Å². The lowest BCUT2D eigenvalue weighted by Gasteiger charge is -2.08. The van der Waals surface area contributed by atoms with E-state index in [9.17, 15) is 0 Å². The van der Waals surface area contributed by atoms with Crippen molar-refractivity contribution in [2.45, 2.75) is 19.6 Å². The van der Waals surface area contributed by atoms with Crippen molar-refractivity contribution in [3.05, 3.63) is 42.2 Å². The van der Waals surface area contributed by atoms with Crippen molar-refractivity contribution >= 4 is 10.8 Å². The van der Waals surface area contributed by atoms with E-state index in [0.29, 0.717) is 6.54 Å². The second-order valence-corrected chi connectivity index (χ2v) is 4.00. The Balaban J connectivity index is 2.17. The number of pyridine rings is 1. The van der Waals surface area contributed by atoms with Crippen molar-refractivity contribution < 1.29 is 5.11 Å². The van der Waals surface area contributed by atoms with Gasteiger partial charge in [0.1, 0.15) is 0 Å². The molecule has 0 spiro atoms. The summed E-state index contributed by atoms with van der Waals surface area (Å²) in [6.45, 7) is 3.11. The summed E-state index contributed by atoms with van der Waals surface area (Å²) in [7, 11) is 0. The summed E-state index contributed by atoms with van der Waals surface area (Å²) in [4.78, 5) is 4.21. The molecule has 2 aromatic rings. The topological polar surface area (TPSA) is 45.1 Å². The zero-order valence-electron chi connectivity index (χ0n) is 9.35. The van der Waals surface area contributed by atoms with Gasteiger partial charge in [0.25, 0.3) is 0 Å². The van der Waals surface area contributed by atoms with Gasteiger partial charge in [-0.2, -0.15) is 0 Å². The van der Waals surface area contributed by atoms with Crippen molar-refractivity contribution in [1.82, 2.24) is 10.3 Å².